The number of halogens is 1. The normalized spacial score (nSPS) is 13.9. The van der Waals surface area contributed by atoms with Gasteiger partial charge in [-0.2, -0.15) is 5.26 Å². The molecule has 3 nitrogen and oxygen atoms in total. The van der Waals surface area contributed by atoms with Crippen LogP contribution in [0.5, 0.6) is 5.75 Å². The Morgan fingerprint density at radius 3 is 2.75 bits per heavy atom. The van der Waals surface area contributed by atoms with Gasteiger partial charge in [0.1, 0.15) is 23.2 Å². The highest BCUT2D eigenvalue weighted by atomic mass is 19.1. The predicted molar refractivity (Wildman–Crippen MR) is 74.7 cm³/mol. The average Bonchev–Trinajstić information content (AvgIpc) is 2.69. The molecule has 3 rings (SSSR count). The van der Waals surface area contributed by atoms with E-state index in [1.807, 2.05) is 35.2 Å². The molecule has 4 heteroatoms. The maximum atomic E-state index is 13.8. The molecule has 1 heterocycles. The lowest BCUT2D eigenvalue weighted by molar-refractivity contribution is 0.322. The zero-order valence-corrected chi connectivity index (χ0v) is 10.8. The topological polar surface area (TPSA) is 36.3 Å². The summed E-state index contributed by atoms with van der Waals surface area (Å²) in [4.78, 5) is 1.95. The fourth-order valence-electron chi connectivity index (χ4n) is 2.43. The van der Waals surface area contributed by atoms with Crippen molar-refractivity contribution in [3.63, 3.8) is 0 Å². The van der Waals surface area contributed by atoms with Gasteiger partial charge in [0.05, 0.1) is 18.0 Å². The minimum Gasteiger partial charge on any atom is -0.491 e. The molecule has 1 aliphatic rings. The van der Waals surface area contributed by atoms with Gasteiger partial charge in [-0.25, -0.2) is 4.39 Å². The van der Waals surface area contributed by atoms with Gasteiger partial charge < -0.3 is 9.64 Å². The number of fused-ring (bicyclic) bond motifs is 1. The lowest BCUT2D eigenvalue weighted by atomic mass is 10.1. The standard InChI is InChI=1S/C16H13FN2O/c17-13-5-3-7-14(12(13)11-18)19-9-4-10-20-16-8-2-1-6-15(16)19/h1-3,5-8H,4,9-10H2. The van der Waals surface area contributed by atoms with Gasteiger partial charge in [0.25, 0.3) is 0 Å². The van der Waals surface area contributed by atoms with E-state index in [0.29, 0.717) is 18.8 Å². The molecule has 0 spiro atoms. The molecule has 20 heavy (non-hydrogen) atoms. The molecule has 0 bridgehead atoms. The number of para-hydroxylation sites is 2. The van der Waals surface area contributed by atoms with E-state index < -0.39 is 5.82 Å². The predicted octanol–water partition coefficient (Wildman–Crippen LogP) is 3.62. The molecule has 2 aromatic rings. The number of benzene rings is 2. The van der Waals surface area contributed by atoms with Crippen molar-refractivity contribution in [3.8, 4) is 11.8 Å². The Kier molecular flexibility index (Phi) is 3.26. The van der Waals surface area contributed by atoms with E-state index in [1.54, 1.807) is 12.1 Å². The second-order valence-electron chi connectivity index (χ2n) is 4.57. The Morgan fingerprint density at radius 1 is 1.10 bits per heavy atom. The highest BCUT2D eigenvalue weighted by molar-refractivity contribution is 5.73. The molecule has 0 saturated carbocycles. The van der Waals surface area contributed by atoms with Gasteiger partial charge in [-0.1, -0.05) is 18.2 Å². The van der Waals surface area contributed by atoms with Gasteiger partial charge in [-0.15, -0.1) is 0 Å². The minimum atomic E-state index is -0.493. The largest absolute Gasteiger partial charge is 0.491 e. The summed E-state index contributed by atoms with van der Waals surface area (Å²) in [5.41, 5.74) is 1.53. The Balaban J connectivity index is 2.16. The molecule has 0 radical (unpaired) electrons. The number of nitriles is 1. The van der Waals surface area contributed by atoms with Crippen LogP contribution >= 0.6 is 0 Å². The van der Waals surface area contributed by atoms with Crippen LogP contribution in [0.15, 0.2) is 42.5 Å². The van der Waals surface area contributed by atoms with Crippen molar-refractivity contribution in [2.45, 2.75) is 6.42 Å². The molecule has 1 aliphatic heterocycles. The fraction of sp³-hybridized carbons (Fsp3) is 0.188. The number of anilines is 2. The monoisotopic (exact) mass is 268 g/mol. The number of ether oxygens (including phenoxy) is 1. The molecular weight excluding hydrogens is 255 g/mol. The number of rotatable bonds is 1. The molecule has 100 valence electrons. The summed E-state index contributed by atoms with van der Waals surface area (Å²) in [5.74, 6) is 0.269. The third-order valence-electron chi connectivity index (χ3n) is 3.33. The first-order valence-electron chi connectivity index (χ1n) is 6.49. The number of nitrogens with zero attached hydrogens (tertiary/aromatic N) is 2. The van der Waals surface area contributed by atoms with Crippen LogP contribution in [0.2, 0.25) is 0 Å². The van der Waals surface area contributed by atoms with Crippen molar-refractivity contribution in [2.75, 3.05) is 18.1 Å². The average molecular weight is 268 g/mol. The molecule has 0 aromatic heterocycles. The summed E-state index contributed by atoms with van der Waals surface area (Å²) in [6, 6.07) is 14.3. The van der Waals surface area contributed by atoms with Crippen LogP contribution in [0, 0.1) is 17.1 Å². The second kappa shape index (κ2) is 5.22. The van der Waals surface area contributed by atoms with Crippen LogP contribution in [-0.4, -0.2) is 13.2 Å². The molecule has 0 unspecified atom stereocenters. The van der Waals surface area contributed by atoms with E-state index in [2.05, 4.69) is 0 Å². The Morgan fingerprint density at radius 2 is 1.90 bits per heavy atom. The van der Waals surface area contributed by atoms with Crippen molar-refractivity contribution in [1.29, 1.82) is 5.26 Å². The first-order chi connectivity index (χ1) is 9.81. The first-order valence-corrected chi connectivity index (χ1v) is 6.49. The minimum absolute atomic E-state index is 0.0733. The van der Waals surface area contributed by atoms with Gasteiger partial charge in [0, 0.05) is 6.54 Å². The molecule has 0 N–H and O–H groups in total. The Bertz CT molecular complexity index is 678. The zero-order chi connectivity index (χ0) is 13.9. The molecule has 0 amide bonds. The van der Waals surface area contributed by atoms with E-state index in [4.69, 9.17) is 4.74 Å². The van der Waals surface area contributed by atoms with Crippen LogP contribution in [0.3, 0.4) is 0 Å². The van der Waals surface area contributed by atoms with Crippen LogP contribution in [0.4, 0.5) is 15.8 Å². The highest BCUT2D eigenvalue weighted by Crippen LogP contribution is 2.37. The summed E-state index contributed by atoms with van der Waals surface area (Å²) in [6.45, 7) is 1.31. The molecule has 0 aliphatic carbocycles. The summed E-state index contributed by atoms with van der Waals surface area (Å²) >= 11 is 0. The fourth-order valence-corrected chi connectivity index (χ4v) is 2.43. The Hall–Kier alpha value is -2.54. The molecular formula is C16H13FN2O. The van der Waals surface area contributed by atoms with Crippen molar-refractivity contribution in [1.82, 2.24) is 0 Å². The molecule has 0 atom stereocenters. The lowest BCUT2D eigenvalue weighted by Crippen LogP contribution is -2.19. The first kappa shape index (κ1) is 12.5. The number of hydrogen-bond acceptors (Lipinski definition) is 3. The lowest BCUT2D eigenvalue weighted by Gasteiger charge is -2.24. The van der Waals surface area contributed by atoms with Crippen molar-refractivity contribution in [3.05, 3.63) is 53.8 Å². The van der Waals surface area contributed by atoms with E-state index in [1.165, 1.54) is 6.07 Å². The molecule has 0 saturated heterocycles. The maximum absolute atomic E-state index is 13.8. The van der Waals surface area contributed by atoms with Gasteiger partial charge >= 0.3 is 0 Å². The smallest absolute Gasteiger partial charge is 0.143 e. The third kappa shape index (κ3) is 2.08. The number of hydrogen-bond donors (Lipinski definition) is 0. The zero-order valence-electron chi connectivity index (χ0n) is 10.8. The Labute approximate surface area is 116 Å². The van der Waals surface area contributed by atoms with Crippen LogP contribution < -0.4 is 9.64 Å². The van der Waals surface area contributed by atoms with Gasteiger partial charge in [0.2, 0.25) is 0 Å². The van der Waals surface area contributed by atoms with Gasteiger partial charge in [-0.05, 0) is 30.7 Å². The highest BCUT2D eigenvalue weighted by Gasteiger charge is 2.21. The summed E-state index contributed by atoms with van der Waals surface area (Å²) in [7, 11) is 0. The van der Waals surface area contributed by atoms with E-state index in [0.717, 1.165) is 17.9 Å². The van der Waals surface area contributed by atoms with Crippen molar-refractivity contribution in [2.24, 2.45) is 0 Å². The molecule has 0 fully saturated rings. The van der Waals surface area contributed by atoms with Crippen LogP contribution in [0.1, 0.15) is 12.0 Å². The van der Waals surface area contributed by atoms with E-state index >= 15 is 0 Å². The summed E-state index contributed by atoms with van der Waals surface area (Å²) in [5, 5.41) is 9.20. The third-order valence-corrected chi connectivity index (χ3v) is 3.33. The molecule has 2 aromatic carbocycles. The van der Waals surface area contributed by atoms with Crippen molar-refractivity contribution < 1.29 is 9.13 Å². The van der Waals surface area contributed by atoms with Crippen LogP contribution in [-0.2, 0) is 0 Å². The SMILES string of the molecule is N#Cc1c(F)cccc1N1CCCOc2ccccc21. The van der Waals surface area contributed by atoms with Gasteiger partial charge in [0.15, 0.2) is 0 Å². The van der Waals surface area contributed by atoms with E-state index in [-0.39, 0.29) is 5.56 Å². The van der Waals surface area contributed by atoms with Crippen molar-refractivity contribution >= 4 is 11.4 Å². The maximum Gasteiger partial charge on any atom is 0.143 e. The summed E-state index contributed by atoms with van der Waals surface area (Å²) in [6.07, 6.45) is 0.816. The summed E-state index contributed by atoms with van der Waals surface area (Å²) < 4.78 is 19.5. The second-order valence-corrected chi connectivity index (χ2v) is 4.57. The van der Waals surface area contributed by atoms with E-state index in [9.17, 15) is 9.65 Å². The quantitative estimate of drug-likeness (QED) is 0.792. The van der Waals surface area contributed by atoms with Crippen LogP contribution in [0.25, 0.3) is 0 Å². The van der Waals surface area contributed by atoms with Gasteiger partial charge in [-0.3, -0.25) is 0 Å².